The third-order valence-electron chi connectivity index (χ3n) is 4.22. The van der Waals surface area contributed by atoms with Gasteiger partial charge in [0.1, 0.15) is 12.7 Å². The zero-order chi connectivity index (χ0) is 16.1. The standard InChI is InChI=1S/C17H25N3O2S/c1-17(8-5-9-23-17)12-20-16(18-2)19-10-13-11-21-14-6-3-4-7-15(14)22-13/h3-4,6-7,13H,5,8-12H2,1-2H3,(H2,18,19,20). The first-order valence-electron chi connectivity index (χ1n) is 8.15. The Bertz CT molecular complexity index is 559. The van der Waals surface area contributed by atoms with Crippen LogP contribution in [0.3, 0.4) is 0 Å². The highest BCUT2D eigenvalue weighted by molar-refractivity contribution is 8.00. The molecule has 2 N–H and O–H groups in total. The van der Waals surface area contributed by atoms with Crippen LogP contribution in [0.5, 0.6) is 11.5 Å². The largest absolute Gasteiger partial charge is 0.486 e. The van der Waals surface area contributed by atoms with Crippen LogP contribution >= 0.6 is 11.8 Å². The van der Waals surface area contributed by atoms with Crippen LogP contribution in [0.4, 0.5) is 0 Å². The molecular formula is C17H25N3O2S. The van der Waals surface area contributed by atoms with Gasteiger partial charge in [0, 0.05) is 18.3 Å². The highest BCUT2D eigenvalue weighted by atomic mass is 32.2. The summed E-state index contributed by atoms with van der Waals surface area (Å²) in [5.41, 5.74) is 0. The van der Waals surface area contributed by atoms with E-state index in [2.05, 4.69) is 22.5 Å². The molecule has 2 aliphatic rings. The number of nitrogens with zero attached hydrogens (tertiary/aromatic N) is 1. The molecule has 2 unspecified atom stereocenters. The number of aliphatic imine (C=N–C) groups is 1. The molecule has 3 rings (SSSR count). The Hall–Kier alpha value is -1.56. The van der Waals surface area contributed by atoms with Gasteiger partial charge >= 0.3 is 0 Å². The highest BCUT2D eigenvalue weighted by Crippen LogP contribution is 2.36. The zero-order valence-electron chi connectivity index (χ0n) is 13.8. The van der Waals surface area contributed by atoms with Gasteiger partial charge in [-0.05, 0) is 37.7 Å². The van der Waals surface area contributed by atoms with Gasteiger partial charge in [0.25, 0.3) is 0 Å². The lowest BCUT2D eigenvalue weighted by atomic mass is 10.1. The lowest BCUT2D eigenvalue weighted by molar-refractivity contribution is 0.0936. The van der Waals surface area contributed by atoms with Gasteiger partial charge in [0.05, 0.1) is 6.54 Å². The number of benzene rings is 1. The SMILES string of the molecule is CN=C(NCC1COc2ccccc2O1)NCC1(C)CCCS1. The van der Waals surface area contributed by atoms with Gasteiger partial charge in [-0.15, -0.1) is 0 Å². The van der Waals surface area contributed by atoms with Crippen molar-refractivity contribution in [2.45, 2.75) is 30.6 Å². The highest BCUT2D eigenvalue weighted by Gasteiger charge is 2.29. The molecule has 2 heterocycles. The third kappa shape index (κ3) is 4.25. The van der Waals surface area contributed by atoms with Gasteiger partial charge in [0.15, 0.2) is 17.5 Å². The monoisotopic (exact) mass is 335 g/mol. The molecular weight excluding hydrogens is 310 g/mol. The minimum Gasteiger partial charge on any atom is -0.486 e. The van der Waals surface area contributed by atoms with E-state index in [1.54, 1.807) is 7.05 Å². The van der Waals surface area contributed by atoms with Crippen molar-refractivity contribution in [2.24, 2.45) is 4.99 Å². The van der Waals surface area contributed by atoms with Crippen LogP contribution in [0.25, 0.3) is 0 Å². The fourth-order valence-electron chi connectivity index (χ4n) is 2.84. The van der Waals surface area contributed by atoms with Crippen LogP contribution in [0.2, 0.25) is 0 Å². The first kappa shape index (κ1) is 16.3. The summed E-state index contributed by atoms with van der Waals surface area (Å²) in [6.45, 7) is 4.47. The van der Waals surface area contributed by atoms with Crippen LogP contribution in [0.15, 0.2) is 29.3 Å². The molecule has 0 bridgehead atoms. The summed E-state index contributed by atoms with van der Waals surface area (Å²) in [6, 6.07) is 7.78. The number of hydrogen-bond acceptors (Lipinski definition) is 4. The Balaban J connectivity index is 1.45. The summed E-state index contributed by atoms with van der Waals surface area (Å²) in [5, 5.41) is 6.77. The van der Waals surface area contributed by atoms with Crippen molar-refractivity contribution < 1.29 is 9.47 Å². The average Bonchev–Trinajstić information content (AvgIpc) is 3.02. The van der Waals surface area contributed by atoms with Crippen LogP contribution in [-0.4, -0.2) is 49.3 Å². The molecule has 23 heavy (non-hydrogen) atoms. The van der Waals surface area contributed by atoms with Crippen LogP contribution < -0.4 is 20.1 Å². The molecule has 126 valence electrons. The van der Waals surface area contributed by atoms with E-state index in [9.17, 15) is 0 Å². The predicted molar refractivity (Wildman–Crippen MR) is 95.8 cm³/mol. The fourth-order valence-corrected chi connectivity index (χ4v) is 4.09. The molecule has 5 nitrogen and oxygen atoms in total. The normalized spacial score (nSPS) is 26.9. The number of nitrogens with one attached hydrogen (secondary N) is 2. The van der Waals surface area contributed by atoms with Crippen molar-refractivity contribution in [2.75, 3.05) is 32.5 Å². The molecule has 6 heteroatoms. The molecule has 1 saturated heterocycles. The van der Waals surface area contributed by atoms with E-state index in [0.29, 0.717) is 17.9 Å². The molecule has 0 aromatic heterocycles. The Morgan fingerprint density at radius 3 is 2.91 bits per heavy atom. The molecule has 0 aliphatic carbocycles. The minimum atomic E-state index is -0.0140. The molecule has 2 aliphatic heterocycles. The second-order valence-electron chi connectivity index (χ2n) is 6.21. The van der Waals surface area contributed by atoms with E-state index in [1.165, 1.54) is 18.6 Å². The molecule has 0 spiro atoms. The van der Waals surface area contributed by atoms with E-state index >= 15 is 0 Å². The summed E-state index contributed by atoms with van der Waals surface area (Å²) in [4.78, 5) is 4.30. The predicted octanol–water partition coefficient (Wildman–Crippen LogP) is 2.28. The number of para-hydroxylation sites is 2. The van der Waals surface area contributed by atoms with Crippen molar-refractivity contribution in [3.05, 3.63) is 24.3 Å². The number of thioether (sulfide) groups is 1. The third-order valence-corrected chi connectivity index (χ3v) is 5.76. The van der Waals surface area contributed by atoms with E-state index in [-0.39, 0.29) is 6.10 Å². The topological polar surface area (TPSA) is 54.9 Å². The summed E-state index contributed by atoms with van der Waals surface area (Å²) in [6.07, 6.45) is 2.56. The van der Waals surface area contributed by atoms with Gasteiger partial charge in [-0.25, -0.2) is 0 Å². The smallest absolute Gasteiger partial charge is 0.191 e. The number of hydrogen-bond donors (Lipinski definition) is 2. The number of fused-ring (bicyclic) bond motifs is 1. The Kier molecular flexibility index (Phi) is 5.20. The van der Waals surface area contributed by atoms with Gasteiger partial charge < -0.3 is 20.1 Å². The van der Waals surface area contributed by atoms with E-state index < -0.39 is 0 Å². The van der Waals surface area contributed by atoms with Gasteiger partial charge in [-0.2, -0.15) is 11.8 Å². The van der Waals surface area contributed by atoms with Crippen molar-refractivity contribution in [3.8, 4) is 11.5 Å². The quantitative estimate of drug-likeness (QED) is 0.653. The van der Waals surface area contributed by atoms with Crippen molar-refractivity contribution in [1.82, 2.24) is 10.6 Å². The molecule has 1 fully saturated rings. The number of ether oxygens (including phenoxy) is 2. The van der Waals surface area contributed by atoms with Gasteiger partial charge in [-0.1, -0.05) is 12.1 Å². The molecule has 0 radical (unpaired) electrons. The number of rotatable bonds is 4. The second-order valence-corrected chi connectivity index (χ2v) is 7.89. The summed E-state index contributed by atoms with van der Waals surface area (Å²) >= 11 is 2.05. The minimum absolute atomic E-state index is 0.0140. The maximum Gasteiger partial charge on any atom is 0.191 e. The van der Waals surface area contributed by atoms with Crippen LogP contribution in [0, 0.1) is 0 Å². The Morgan fingerprint density at radius 2 is 2.17 bits per heavy atom. The first-order chi connectivity index (χ1) is 11.2. The lowest BCUT2D eigenvalue weighted by Gasteiger charge is -2.28. The van der Waals surface area contributed by atoms with E-state index in [4.69, 9.17) is 9.47 Å². The summed E-state index contributed by atoms with van der Waals surface area (Å²) in [7, 11) is 1.80. The fraction of sp³-hybridized carbons (Fsp3) is 0.588. The molecule has 1 aromatic carbocycles. The molecule has 1 aromatic rings. The Labute approximate surface area is 142 Å². The van der Waals surface area contributed by atoms with Crippen molar-refractivity contribution in [3.63, 3.8) is 0 Å². The maximum absolute atomic E-state index is 5.95. The summed E-state index contributed by atoms with van der Waals surface area (Å²) in [5.74, 6) is 3.71. The second kappa shape index (κ2) is 7.34. The molecule has 0 saturated carbocycles. The van der Waals surface area contributed by atoms with Crippen molar-refractivity contribution in [1.29, 1.82) is 0 Å². The van der Waals surface area contributed by atoms with Gasteiger partial charge in [-0.3, -0.25) is 4.99 Å². The first-order valence-corrected chi connectivity index (χ1v) is 9.14. The Morgan fingerprint density at radius 1 is 1.35 bits per heavy atom. The van der Waals surface area contributed by atoms with Gasteiger partial charge in [0.2, 0.25) is 0 Å². The van der Waals surface area contributed by atoms with E-state index in [0.717, 1.165) is 24.0 Å². The average molecular weight is 335 g/mol. The van der Waals surface area contributed by atoms with E-state index in [1.807, 2.05) is 36.0 Å². The number of guanidine groups is 1. The van der Waals surface area contributed by atoms with Crippen molar-refractivity contribution >= 4 is 17.7 Å². The molecule has 0 amide bonds. The molecule has 2 atom stereocenters. The summed E-state index contributed by atoms with van der Waals surface area (Å²) < 4.78 is 12.0. The van der Waals surface area contributed by atoms with Crippen LogP contribution in [-0.2, 0) is 0 Å². The van der Waals surface area contributed by atoms with Crippen LogP contribution in [0.1, 0.15) is 19.8 Å². The lowest BCUT2D eigenvalue weighted by Crippen LogP contribution is -2.48. The maximum atomic E-state index is 5.95. The zero-order valence-corrected chi connectivity index (χ0v) is 14.6.